The van der Waals surface area contributed by atoms with Gasteiger partial charge in [-0.3, -0.25) is 4.79 Å². The van der Waals surface area contributed by atoms with E-state index in [1.165, 1.54) is 0 Å². The lowest BCUT2D eigenvalue weighted by Gasteiger charge is -2.39. The lowest BCUT2D eigenvalue weighted by Crippen LogP contribution is -2.61. The average Bonchev–Trinajstić information content (AvgIpc) is 3.35. The molecule has 1 aromatic heterocycles. The molecule has 0 atom stereocenters. The summed E-state index contributed by atoms with van der Waals surface area (Å²) in [6.45, 7) is 6.28. The number of hydrogen-bond acceptors (Lipinski definition) is 6. The predicted molar refractivity (Wildman–Crippen MR) is 95.0 cm³/mol. The second-order valence-electron chi connectivity index (χ2n) is 8.23. The number of likely N-dealkylation sites (tertiary alicyclic amines) is 1. The summed E-state index contributed by atoms with van der Waals surface area (Å²) in [5, 5.41) is 3.05. The number of nitrogens with one attached hydrogen (secondary N) is 1. The minimum Gasteiger partial charge on any atom is -0.444 e. The molecule has 0 unspecified atom stereocenters. The Morgan fingerprint density at radius 1 is 1.15 bits per heavy atom. The third kappa shape index (κ3) is 3.95. The highest BCUT2D eigenvalue weighted by molar-refractivity contribution is 5.87. The van der Waals surface area contributed by atoms with Crippen LogP contribution in [0.2, 0.25) is 0 Å². The summed E-state index contributed by atoms with van der Waals surface area (Å²) < 4.78 is 5.38. The third-order valence-electron chi connectivity index (χ3n) is 4.86. The molecule has 1 aliphatic carbocycles. The minimum absolute atomic E-state index is 0.203. The van der Waals surface area contributed by atoms with Crippen LogP contribution in [0.3, 0.4) is 0 Å². The van der Waals surface area contributed by atoms with Crippen molar-refractivity contribution in [1.29, 1.82) is 0 Å². The van der Waals surface area contributed by atoms with Gasteiger partial charge in [0, 0.05) is 25.5 Å². The van der Waals surface area contributed by atoms with Crippen LogP contribution in [-0.2, 0) is 15.1 Å². The summed E-state index contributed by atoms with van der Waals surface area (Å²) in [4.78, 5) is 35.1. The van der Waals surface area contributed by atoms with Crippen LogP contribution >= 0.6 is 0 Å². The molecule has 8 nitrogen and oxygen atoms in total. The van der Waals surface area contributed by atoms with Gasteiger partial charge in [-0.25, -0.2) is 14.8 Å². The van der Waals surface area contributed by atoms with E-state index in [-0.39, 0.29) is 12.0 Å². The van der Waals surface area contributed by atoms with E-state index in [1.54, 1.807) is 23.4 Å². The first-order chi connectivity index (χ1) is 12.1. The van der Waals surface area contributed by atoms with Crippen LogP contribution in [0.25, 0.3) is 0 Å². The van der Waals surface area contributed by atoms with Crippen LogP contribution in [0.4, 0.5) is 4.79 Å². The van der Waals surface area contributed by atoms with Crippen molar-refractivity contribution in [2.24, 2.45) is 5.73 Å². The Bertz CT molecular complexity index is 674. The van der Waals surface area contributed by atoms with E-state index < -0.39 is 16.7 Å². The molecular weight excluding hydrogens is 334 g/mol. The monoisotopic (exact) mass is 361 g/mol. The van der Waals surface area contributed by atoms with Gasteiger partial charge >= 0.3 is 6.09 Å². The number of amides is 2. The number of ether oxygens (including phenoxy) is 1. The van der Waals surface area contributed by atoms with Gasteiger partial charge in [-0.1, -0.05) is 0 Å². The number of carbonyl (C=O) groups excluding carboxylic acids is 2. The Labute approximate surface area is 153 Å². The SMILES string of the molecule is CC(C)(C)OC(=O)N1CCC(N)(C(=O)NC2(c3ncccn3)CC2)CC1. The van der Waals surface area contributed by atoms with E-state index in [4.69, 9.17) is 10.5 Å². The van der Waals surface area contributed by atoms with Crippen LogP contribution in [0, 0.1) is 0 Å². The van der Waals surface area contributed by atoms with Gasteiger partial charge in [-0.2, -0.15) is 0 Å². The molecule has 1 saturated carbocycles. The van der Waals surface area contributed by atoms with E-state index >= 15 is 0 Å². The molecule has 2 fully saturated rings. The molecule has 0 bridgehead atoms. The van der Waals surface area contributed by atoms with Gasteiger partial charge in [-0.15, -0.1) is 0 Å². The Kier molecular flexibility index (Phi) is 4.64. The van der Waals surface area contributed by atoms with Crippen molar-refractivity contribution in [2.75, 3.05) is 13.1 Å². The number of rotatable bonds is 3. The topological polar surface area (TPSA) is 110 Å². The van der Waals surface area contributed by atoms with Gasteiger partial charge in [-0.05, 0) is 52.5 Å². The average molecular weight is 361 g/mol. The summed E-state index contributed by atoms with van der Waals surface area (Å²) >= 11 is 0. The Morgan fingerprint density at radius 2 is 1.73 bits per heavy atom. The Balaban J connectivity index is 1.59. The van der Waals surface area contributed by atoms with E-state index in [2.05, 4.69) is 15.3 Å². The number of carbonyl (C=O) groups is 2. The lowest BCUT2D eigenvalue weighted by molar-refractivity contribution is -0.129. The summed E-state index contributed by atoms with van der Waals surface area (Å²) in [5.41, 5.74) is 4.34. The van der Waals surface area contributed by atoms with Crippen LogP contribution in [-0.4, -0.2) is 51.1 Å². The fourth-order valence-electron chi connectivity index (χ4n) is 3.06. The van der Waals surface area contributed by atoms with Crippen LogP contribution in [0.1, 0.15) is 52.3 Å². The maximum Gasteiger partial charge on any atom is 0.410 e. The van der Waals surface area contributed by atoms with E-state index in [1.807, 2.05) is 20.8 Å². The lowest BCUT2D eigenvalue weighted by atomic mass is 9.87. The standard InChI is InChI=1S/C18H27N5O3/c1-16(2,3)26-15(25)23-11-7-17(19,8-12-23)14(24)22-18(5-6-18)13-20-9-4-10-21-13/h4,9-10H,5-8,11-12,19H2,1-3H3,(H,22,24). The van der Waals surface area contributed by atoms with Crippen molar-refractivity contribution in [3.63, 3.8) is 0 Å². The van der Waals surface area contributed by atoms with Gasteiger partial charge in [0.05, 0.1) is 11.1 Å². The largest absolute Gasteiger partial charge is 0.444 e. The quantitative estimate of drug-likeness (QED) is 0.840. The third-order valence-corrected chi connectivity index (χ3v) is 4.86. The molecule has 3 rings (SSSR count). The molecule has 3 N–H and O–H groups in total. The molecular formula is C18H27N5O3. The molecule has 1 saturated heterocycles. The highest BCUT2D eigenvalue weighted by atomic mass is 16.6. The fraction of sp³-hybridized carbons (Fsp3) is 0.667. The molecule has 0 spiro atoms. The van der Waals surface area contributed by atoms with Crippen LogP contribution < -0.4 is 11.1 Å². The second-order valence-corrected chi connectivity index (χ2v) is 8.23. The summed E-state index contributed by atoms with van der Waals surface area (Å²) in [6, 6.07) is 1.75. The number of nitrogens with two attached hydrogens (primary N) is 1. The van der Waals surface area contributed by atoms with E-state index in [0.29, 0.717) is 31.8 Å². The normalized spacial score (nSPS) is 21.0. The number of hydrogen-bond donors (Lipinski definition) is 2. The summed E-state index contributed by atoms with van der Waals surface area (Å²) in [5.74, 6) is 0.425. The smallest absolute Gasteiger partial charge is 0.410 e. The van der Waals surface area contributed by atoms with Crippen molar-refractivity contribution < 1.29 is 14.3 Å². The van der Waals surface area contributed by atoms with E-state index in [0.717, 1.165) is 12.8 Å². The van der Waals surface area contributed by atoms with Crippen molar-refractivity contribution >= 4 is 12.0 Å². The summed E-state index contributed by atoms with van der Waals surface area (Å²) in [7, 11) is 0. The predicted octanol–water partition coefficient (Wildman–Crippen LogP) is 1.31. The fourth-order valence-corrected chi connectivity index (χ4v) is 3.06. The maximum absolute atomic E-state index is 12.8. The molecule has 0 aromatic carbocycles. The molecule has 2 aliphatic rings. The van der Waals surface area contributed by atoms with Gasteiger partial charge in [0.15, 0.2) is 5.82 Å². The molecule has 1 aromatic rings. The van der Waals surface area contributed by atoms with Crippen molar-refractivity contribution in [1.82, 2.24) is 20.2 Å². The first kappa shape index (κ1) is 18.6. The Hall–Kier alpha value is -2.22. The molecule has 2 amide bonds. The Morgan fingerprint density at radius 3 is 2.23 bits per heavy atom. The molecule has 26 heavy (non-hydrogen) atoms. The molecule has 8 heteroatoms. The molecule has 0 radical (unpaired) electrons. The van der Waals surface area contributed by atoms with Crippen molar-refractivity contribution in [2.45, 2.75) is 63.1 Å². The zero-order valence-corrected chi connectivity index (χ0v) is 15.6. The highest BCUT2D eigenvalue weighted by Gasteiger charge is 2.51. The number of piperidine rings is 1. The highest BCUT2D eigenvalue weighted by Crippen LogP contribution is 2.44. The first-order valence-electron chi connectivity index (χ1n) is 9.01. The van der Waals surface area contributed by atoms with Gasteiger partial charge in [0.25, 0.3) is 0 Å². The molecule has 142 valence electrons. The van der Waals surface area contributed by atoms with Crippen molar-refractivity contribution in [3.8, 4) is 0 Å². The van der Waals surface area contributed by atoms with Gasteiger partial charge in [0.2, 0.25) is 5.91 Å². The number of aromatic nitrogens is 2. The van der Waals surface area contributed by atoms with E-state index in [9.17, 15) is 9.59 Å². The molecule has 1 aliphatic heterocycles. The zero-order valence-electron chi connectivity index (χ0n) is 15.6. The minimum atomic E-state index is -0.997. The maximum atomic E-state index is 12.8. The molecule has 2 heterocycles. The number of nitrogens with zero attached hydrogens (tertiary/aromatic N) is 3. The second kappa shape index (κ2) is 6.50. The van der Waals surface area contributed by atoms with Crippen LogP contribution in [0.15, 0.2) is 18.5 Å². The zero-order chi connectivity index (χ0) is 19.0. The van der Waals surface area contributed by atoms with Gasteiger partial charge in [0.1, 0.15) is 5.60 Å². The van der Waals surface area contributed by atoms with Crippen LogP contribution in [0.5, 0.6) is 0 Å². The summed E-state index contributed by atoms with van der Waals surface area (Å²) in [6.07, 6.45) is 5.38. The van der Waals surface area contributed by atoms with Gasteiger partial charge < -0.3 is 20.7 Å². The van der Waals surface area contributed by atoms with Crippen molar-refractivity contribution in [3.05, 3.63) is 24.3 Å². The first-order valence-corrected chi connectivity index (χ1v) is 9.01.